The summed E-state index contributed by atoms with van der Waals surface area (Å²) in [6.45, 7) is 11.3. The van der Waals surface area contributed by atoms with Crippen LogP contribution in [0.15, 0.2) is 0 Å². The van der Waals surface area contributed by atoms with Crippen LogP contribution in [0.5, 0.6) is 0 Å². The summed E-state index contributed by atoms with van der Waals surface area (Å²) in [5.41, 5.74) is 0. The van der Waals surface area contributed by atoms with Gasteiger partial charge in [-0.15, -0.1) is 0 Å². The van der Waals surface area contributed by atoms with E-state index >= 15 is 0 Å². The van der Waals surface area contributed by atoms with Gasteiger partial charge < -0.3 is 14.2 Å². The second-order valence-corrected chi connectivity index (χ2v) is 17.3. The predicted octanol–water partition coefficient (Wildman–Crippen LogP) is 15.0. The van der Waals surface area contributed by atoms with Crippen LogP contribution < -0.4 is 0 Å². The topological polar surface area (TPSA) is 78.9 Å². The highest BCUT2D eigenvalue weighted by atomic mass is 16.6. The lowest BCUT2D eigenvalue weighted by Gasteiger charge is -2.18. The molecule has 0 saturated carbocycles. The van der Waals surface area contributed by atoms with Crippen molar-refractivity contribution in [2.75, 3.05) is 13.2 Å². The van der Waals surface area contributed by atoms with Crippen LogP contribution in [0.2, 0.25) is 0 Å². The zero-order chi connectivity index (χ0) is 39.7. The number of hydrogen-bond donors (Lipinski definition) is 0. The van der Waals surface area contributed by atoms with Gasteiger partial charge in [-0.05, 0) is 31.1 Å². The van der Waals surface area contributed by atoms with Gasteiger partial charge in [-0.2, -0.15) is 0 Å². The molecule has 0 rings (SSSR count). The summed E-state index contributed by atoms with van der Waals surface area (Å²) in [4.78, 5) is 37.7. The molecule has 0 aromatic rings. The third-order valence-corrected chi connectivity index (χ3v) is 10.7. The Balaban J connectivity index is 4.25. The maximum atomic E-state index is 12.7. The van der Waals surface area contributed by atoms with E-state index in [1.165, 1.54) is 148 Å². The monoisotopic (exact) mass is 765 g/mol. The molecule has 0 saturated heterocycles. The summed E-state index contributed by atoms with van der Waals surface area (Å²) >= 11 is 0. The van der Waals surface area contributed by atoms with Gasteiger partial charge >= 0.3 is 17.9 Å². The van der Waals surface area contributed by atoms with Gasteiger partial charge in [-0.3, -0.25) is 14.4 Å². The lowest BCUT2D eigenvalue weighted by Crippen LogP contribution is -2.30. The first-order valence-corrected chi connectivity index (χ1v) is 23.7. The minimum atomic E-state index is -0.759. The molecule has 0 heterocycles. The molecule has 0 spiro atoms. The molecular formula is C48H92O6. The van der Waals surface area contributed by atoms with Crippen molar-refractivity contribution in [1.29, 1.82) is 0 Å². The van der Waals surface area contributed by atoms with Crippen LogP contribution in [0.3, 0.4) is 0 Å². The zero-order valence-electron chi connectivity index (χ0n) is 36.8. The molecule has 320 valence electrons. The molecule has 0 amide bonds. The minimum absolute atomic E-state index is 0.0647. The third kappa shape index (κ3) is 41.6. The van der Waals surface area contributed by atoms with E-state index in [0.29, 0.717) is 19.3 Å². The van der Waals surface area contributed by atoms with Crippen molar-refractivity contribution in [3.8, 4) is 0 Å². The molecule has 0 N–H and O–H groups in total. The van der Waals surface area contributed by atoms with Crippen LogP contribution in [-0.4, -0.2) is 37.2 Å². The van der Waals surface area contributed by atoms with Gasteiger partial charge in [0.25, 0.3) is 0 Å². The number of rotatable bonds is 42. The average Bonchev–Trinajstić information content (AvgIpc) is 3.14. The first-order chi connectivity index (χ1) is 26.2. The summed E-state index contributed by atoms with van der Waals surface area (Å²) in [5.74, 6) is 0.798. The molecule has 0 aliphatic rings. The van der Waals surface area contributed by atoms with Gasteiger partial charge in [-0.1, -0.05) is 221 Å². The molecule has 6 nitrogen and oxygen atoms in total. The fourth-order valence-electron chi connectivity index (χ4n) is 7.11. The average molecular weight is 765 g/mol. The Bertz CT molecular complexity index is 824. The van der Waals surface area contributed by atoms with Crippen molar-refractivity contribution in [3.05, 3.63) is 0 Å². The van der Waals surface area contributed by atoms with Gasteiger partial charge in [0.15, 0.2) is 6.10 Å². The SMILES string of the molecule is CCCCCCCCCC(=O)OC[C@@H](COC(=O)CCCCCCCCCCCCCCC(C)C)OC(=O)CCCCCCCCCCCCCC(C)C. The Morgan fingerprint density at radius 1 is 0.352 bits per heavy atom. The van der Waals surface area contributed by atoms with Gasteiger partial charge in [0, 0.05) is 19.3 Å². The van der Waals surface area contributed by atoms with Crippen molar-refractivity contribution in [2.24, 2.45) is 11.8 Å². The summed E-state index contributed by atoms with van der Waals surface area (Å²) in [6, 6.07) is 0. The molecule has 0 bridgehead atoms. The highest BCUT2D eigenvalue weighted by Gasteiger charge is 2.19. The van der Waals surface area contributed by atoms with Crippen LogP contribution in [0.1, 0.15) is 259 Å². The second-order valence-electron chi connectivity index (χ2n) is 17.3. The molecule has 0 aliphatic heterocycles. The van der Waals surface area contributed by atoms with E-state index < -0.39 is 6.10 Å². The first kappa shape index (κ1) is 52.4. The number of ether oxygens (including phenoxy) is 3. The Hall–Kier alpha value is -1.59. The van der Waals surface area contributed by atoms with Crippen molar-refractivity contribution >= 4 is 17.9 Å². The number of carbonyl (C=O) groups is 3. The lowest BCUT2D eigenvalue weighted by molar-refractivity contribution is -0.167. The summed E-state index contributed by atoms with van der Waals surface area (Å²) in [5, 5.41) is 0. The maximum Gasteiger partial charge on any atom is 0.306 e. The molecule has 0 aromatic carbocycles. The molecule has 0 radical (unpaired) electrons. The standard InChI is InChI=1S/C48H92O6/c1-6-7-8-9-21-28-33-38-46(49)52-41-45(54-48(51)40-35-30-25-20-16-12-14-18-23-27-32-37-44(4)5)42-53-47(50)39-34-29-24-19-15-11-10-13-17-22-26-31-36-43(2)3/h43-45H,6-42H2,1-5H3/t45-/m0/s1. The molecule has 6 heteroatoms. The van der Waals surface area contributed by atoms with E-state index in [9.17, 15) is 14.4 Å². The number of esters is 3. The van der Waals surface area contributed by atoms with E-state index in [-0.39, 0.29) is 31.1 Å². The van der Waals surface area contributed by atoms with Gasteiger partial charge in [-0.25, -0.2) is 0 Å². The molecule has 54 heavy (non-hydrogen) atoms. The van der Waals surface area contributed by atoms with E-state index in [1.54, 1.807) is 0 Å². The van der Waals surface area contributed by atoms with Crippen LogP contribution in [0.4, 0.5) is 0 Å². The largest absolute Gasteiger partial charge is 0.462 e. The van der Waals surface area contributed by atoms with Crippen molar-refractivity contribution in [1.82, 2.24) is 0 Å². The van der Waals surface area contributed by atoms with Gasteiger partial charge in [0.2, 0.25) is 0 Å². The minimum Gasteiger partial charge on any atom is -0.462 e. The number of carbonyl (C=O) groups excluding carboxylic acids is 3. The number of unbranched alkanes of at least 4 members (excludes halogenated alkanes) is 27. The van der Waals surface area contributed by atoms with Crippen LogP contribution in [0.25, 0.3) is 0 Å². The predicted molar refractivity (Wildman–Crippen MR) is 229 cm³/mol. The Kier molecular flexibility index (Phi) is 39.8. The molecule has 1 atom stereocenters. The van der Waals surface area contributed by atoms with E-state index in [1.807, 2.05) is 0 Å². The Morgan fingerprint density at radius 2 is 0.611 bits per heavy atom. The molecule has 0 fully saturated rings. The van der Waals surface area contributed by atoms with E-state index in [2.05, 4.69) is 34.6 Å². The molecule has 0 aromatic heterocycles. The van der Waals surface area contributed by atoms with Crippen molar-refractivity contribution < 1.29 is 28.6 Å². The highest BCUT2D eigenvalue weighted by molar-refractivity contribution is 5.71. The fraction of sp³-hybridized carbons (Fsp3) is 0.938. The molecule has 0 unspecified atom stereocenters. The zero-order valence-corrected chi connectivity index (χ0v) is 36.8. The maximum absolute atomic E-state index is 12.7. The summed E-state index contributed by atoms with van der Waals surface area (Å²) in [6.07, 6.45) is 39.5. The van der Waals surface area contributed by atoms with Gasteiger partial charge in [0.1, 0.15) is 13.2 Å². The van der Waals surface area contributed by atoms with Crippen molar-refractivity contribution in [3.63, 3.8) is 0 Å². The van der Waals surface area contributed by atoms with E-state index in [0.717, 1.165) is 69.6 Å². The van der Waals surface area contributed by atoms with Crippen molar-refractivity contribution in [2.45, 2.75) is 265 Å². The normalized spacial score (nSPS) is 12.1. The lowest BCUT2D eigenvalue weighted by atomic mass is 10.0. The van der Waals surface area contributed by atoms with Crippen LogP contribution in [0, 0.1) is 11.8 Å². The second kappa shape index (κ2) is 41.1. The number of hydrogen-bond acceptors (Lipinski definition) is 6. The Labute approximate surface area is 336 Å². The highest BCUT2D eigenvalue weighted by Crippen LogP contribution is 2.17. The fourth-order valence-corrected chi connectivity index (χ4v) is 7.11. The Morgan fingerprint density at radius 3 is 0.907 bits per heavy atom. The van der Waals surface area contributed by atoms with Crippen LogP contribution >= 0.6 is 0 Å². The van der Waals surface area contributed by atoms with Gasteiger partial charge in [0.05, 0.1) is 0 Å². The van der Waals surface area contributed by atoms with Crippen LogP contribution in [-0.2, 0) is 28.6 Å². The van der Waals surface area contributed by atoms with E-state index in [4.69, 9.17) is 14.2 Å². The smallest absolute Gasteiger partial charge is 0.306 e. The third-order valence-electron chi connectivity index (χ3n) is 10.7. The molecular weight excluding hydrogens is 673 g/mol. The molecule has 0 aliphatic carbocycles. The first-order valence-electron chi connectivity index (χ1n) is 23.7. The quantitative estimate of drug-likeness (QED) is 0.0350. The summed E-state index contributed by atoms with van der Waals surface area (Å²) < 4.78 is 16.7. The summed E-state index contributed by atoms with van der Waals surface area (Å²) in [7, 11) is 0.